The number of sulfone groups is 1. The molecular formula is C18H20N6O3S2. The average Bonchev–Trinajstić information content (AvgIpc) is 3.32. The summed E-state index contributed by atoms with van der Waals surface area (Å²) in [5.74, 6) is 0.352. The Bertz CT molecular complexity index is 1290. The number of thiazole rings is 1. The van der Waals surface area contributed by atoms with Crippen LogP contribution in [0.3, 0.4) is 0 Å². The second kappa shape index (κ2) is 7.32. The van der Waals surface area contributed by atoms with Gasteiger partial charge in [0.25, 0.3) is 0 Å². The predicted octanol–water partition coefficient (Wildman–Crippen LogP) is 2.24. The van der Waals surface area contributed by atoms with E-state index in [0.717, 1.165) is 33.4 Å². The SMILES string of the molecule is CNCc1nnc(C(c2nc3ccc(-c4cc(C)nn4C)cc3s2)S(C)(=O)=O)o1. The van der Waals surface area contributed by atoms with Crippen LogP contribution in [-0.4, -0.2) is 46.7 Å². The molecule has 3 aromatic heterocycles. The summed E-state index contributed by atoms with van der Waals surface area (Å²) in [6.07, 6.45) is 1.15. The highest BCUT2D eigenvalue weighted by molar-refractivity contribution is 7.91. The zero-order valence-corrected chi connectivity index (χ0v) is 18.0. The lowest BCUT2D eigenvalue weighted by molar-refractivity contribution is 0.440. The molecule has 1 unspecified atom stereocenters. The molecule has 0 saturated carbocycles. The van der Waals surface area contributed by atoms with Crippen molar-refractivity contribution in [3.63, 3.8) is 0 Å². The van der Waals surface area contributed by atoms with Gasteiger partial charge in [0, 0.05) is 18.9 Å². The van der Waals surface area contributed by atoms with Gasteiger partial charge in [0.05, 0.1) is 28.1 Å². The third-order valence-corrected chi connectivity index (χ3v) is 6.90. The number of rotatable bonds is 6. The van der Waals surface area contributed by atoms with Crippen LogP contribution in [0, 0.1) is 6.92 Å². The summed E-state index contributed by atoms with van der Waals surface area (Å²) in [6.45, 7) is 2.30. The quantitative estimate of drug-likeness (QED) is 0.493. The largest absolute Gasteiger partial charge is 0.422 e. The molecule has 11 heteroatoms. The molecule has 152 valence electrons. The summed E-state index contributed by atoms with van der Waals surface area (Å²) in [7, 11) is 0.0656. The van der Waals surface area contributed by atoms with Crippen molar-refractivity contribution in [2.75, 3.05) is 13.3 Å². The molecule has 0 aliphatic carbocycles. The van der Waals surface area contributed by atoms with Gasteiger partial charge in [-0.15, -0.1) is 21.5 Å². The summed E-state index contributed by atoms with van der Waals surface area (Å²) in [5.41, 5.74) is 3.61. The van der Waals surface area contributed by atoms with E-state index in [2.05, 4.69) is 25.6 Å². The Hall–Kier alpha value is -2.63. The standard InChI is InChI=1S/C18H20N6O3S2/c1-10-7-13(24(3)23-10)11-5-6-12-14(8-11)28-18(20-12)16(29(4,25)26)17-22-21-15(27-17)9-19-2/h5-8,16,19H,9H2,1-4H3. The van der Waals surface area contributed by atoms with E-state index in [1.54, 1.807) is 7.05 Å². The number of aryl methyl sites for hydroxylation is 2. The first-order valence-electron chi connectivity index (χ1n) is 8.83. The highest BCUT2D eigenvalue weighted by atomic mass is 32.2. The number of aromatic nitrogens is 5. The van der Waals surface area contributed by atoms with Gasteiger partial charge in [-0.1, -0.05) is 6.07 Å². The van der Waals surface area contributed by atoms with Crippen molar-refractivity contribution in [1.29, 1.82) is 0 Å². The molecule has 0 spiro atoms. The topological polar surface area (TPSA) is 116 Å². The highest BCUT2D eigenvalue weighted by Crippen LogP contribution is 2.36. The van der Waals surface area contributed by atoms with Crippen LogP contribution in [0.15, 0.2) is 28.7 Å². The van der Waals surface area contributed by atoms with Crippen molar-refractivity contribution >= 4 is 31.4 Å². The fourth-order valence-electron chi connectivity index (χ4n) is 3.16. The van der Waals surface area contributed by atoms with Crippen molar-refractivity contribution in [2.24, 2.45) is 7.05 Å². The Morgan fingerprint density at radius 1 is 1.28 bits per heavy atom. The number of benzene rings is 1. The third-order valence-electron chi connectivity index (χ3n) is 4.39. The number of fused-ring (bicyclic) bond motifs is 1. The second-order valence-electron chi connectivity index (χ2n) is 6.80. The third kappa shape index (κ3) is 3.80. The monoisotopic (exact) mass is 432 g/mol. The molecule has 0 aliphatic rings. The van der Waals surface area contributed by atoms with E-state index in [0.29, 0.717) is 17.4 Å². The lowest BCUT2D eigenvalue weighted by Crippen LogP contribution is -2.13. The lowest BCUT2D eigenvalue weighted by atomic mass is 10.1. The van der Waals surface area contributed by atoms with Gasteiger partial charge in [0.15, 0.2) is 15.1 Å². The Morgan fingerprint density at radius 2 is 2.07 bits per heavy atom. The molecule has 1 atom stereocenters. The van der Waals surface area contributed by atoms with E-state index in [-0.39, 0.29) is 5.89 Å². The van der Waals surface area contributed by atoms with E-state index < -0.39 is 15.1 Å². The molecule has 0 bridgehead atoms. The Balaban J connectivity index is 1.79. The second-order valence-corrected chi connectivity index (χ2v) is 10.00. The molecule has 0 radical (unpaired) electrons. The molecule has 0 amide bonds. The molecule has 0 saturated heterocycles. The molecule has 9 nitrogen and oxygen atoms in total. The number of hydrogen-bond donors (Lipinski definition) is 1. The van der Waals surface area contributed by atoms with E-state index >= 15 is 0 Å². The smallest absolute Gasteiger partial charge is 0.241 e. The fourth-order valence-corrected chi connectivity index (χ4v) is 5.69. The zero-order valence-electron chi connectivity index (χ0n) is 16.4. The van der Waals surface area contributed by atoms with Gasteiger partial charge in [-0.05, 0) is 32.2 Å². The van der Waals surface area contributed by atoms with Gasteiger partial charge < -0.3 is 9.73 Å². The molecule has 3 heterocycles. The van der Waals surface area contributed by atoms with E-state index in [4.69, 9.17) is 4.42 Å². The van der Waals surface area contributed by atoms with Crippen molar-refractivity contribution in [1.82, 2.24) is 30.3 Å². The molecule has 4 rings (SSSR count). The summed E-state index contributed by atoms with van der Waals surface area (Å²) in [4.78, 5) is 4.55. The van der Waals surface area contributed by atoms with Crippen molar-refractivity contribution < 1.29 is 12.8 Å². The summed E-state index contributed by atoms with van der Waals surface area (Å²) >= 11 is 1.31. The number of hydrogen-bond acceptors (Lipinski definition) is 9. The molecule has 4 aromatic rings. The highest BCUT2D eigenvalue weighted by Gasteiger charge is 2.33. The van der Waals surface area contributed by atoms with Gasteiger partial charge in [0.1, 0.15) is 5.01 Å². The van der Waals surface area contributed by atoms with Gasteiger partial charge in [-0.2, -0.15) is 5.10 Å². The maximum absolute atomic E-state index is 12.5. The molecule has 1 N–H and O–H groups in total. The van der Waals surface area contributed by atoms with Crippen LogP contribution >= 0.6 is 11.3 Å². The van der Waals surface area contributed by atoms with Gasteiger partial charge in [-0.3, -0.25) is 4.68 Å². The van der Waals surface area contributed by atoms with Gasteiger partial charge in [-0.25, -0.2) is 13.4 Å². The molecule has 29 heavy (non-hydrogen) atoms. The minimum atomic E-state index is -3.57. The fraction of sp³-hybridized carbons (Fsp3) is 0.333. The predicted molar refractivity (Wildman–Crippen MR) is 110 cm³/mol. The van der Waals surface area contributed by atoms with Crippen LogP contribution in [0.2, 0.25) is 0 Å². The lowest BCUT2D eigenvalue weighted by Gasteiger charge is -2.07. The van der Waals surface area contributed by atoms with Gasteiger partial charge >= 0.3 is 0 Å². The summed E-state index contributed by atoms with van der Waals surface area (Å²) in [6, 6.07) is 7.83. The molecular weight excluding hydrogens is 412 g/mol. The molecule has 1 aromatic carbocycles. The van der Waals surface area contributed by atoms with Gasteiger partial charge in [0.2, 0.25) is 11.8 Å². The summed E-state index contributed by atoms with van der Waals surface area (Å²) in [5, 5.41) is 14.4. The average molecular weight is 433 g/mol. The van der Waals surface area contributed by atoms with Crippen LogP contribution in [0.25, 0.3) is 21.5 Å². The molecule has 0 aliphatic heterocycles. The minimum absolute atomic E-state index is 0.0271. The normalized spacial score (nSPS) is 13.2. The van der Waals surface area contributed by atoms with Crippen LogP contribution in [0.4, 0.5) is 0 Å². The molecule has 0 fully saturated rings. The first-order valence-corrected chi connectivity index (χ1v) is 11.6. The van der Waals surface area contributed by atoms with Crippen molar-refractivity contribution in [3.8, 4) is 11.3 Å². The maximum Gasteiger partial charge on any atom is 0.241 e. The Labute approximate surface area is 171 Å². The first-order chi connectivity index (χ1) is 13.8. The number of nitrogens with one attached hydrogen (secondary N) is 1. The minimum Gasteiger partial charge on any atom is -0.422 e. The van der Waals surface area contributed by atoms with Crippen LogP contribution in [0.1, 0.15) is 27.7 Å². The van der Waals surface area contributed by atoms with Crippen molar-refractivity contribution in [3.05, 3.63) is 46.7 Å². The van der Waals surface area contributed by atoms with Crippen LogP contribution < -0.4 is 5.32 Å². The maximum atomic E-state index is 12.5. The van der Waals surface area contributed by atoms with E-state index in [1.807, 2.05) is 42.9 Å². The zero-order chi connectivity index (χ0) is 20.8. The Kier molecular flexibility index (Phi) is 4.97. The van der Waals surface area contributed by atoms with E-state index in [1.165, 1.54) is 11.3 Å². The number of nitrogens with zero attached hydrogens (tertiary/aromatic N) is 5. The summed E-state index contributed by atoms with van der Waals surface area (Å²) < 4.78 is 33.3. The van der Waals surface area contributed by atoms with E-state index in [9.17, 15) is 8.42 Å². The van der Waals surface area contributed by atoms with Crippen molar-refractivity contribution in [2.45, 2.75) is 18.7 Å². The van der Waals surface area contributed by atoms with Crippen LogP contribution in [-0.2, 0) is 23.4 Å². The van der Waals surface area contributed by atoms with Crippen LogP contribution in [0.5, 0.6) is 0 Å². The first kappa shape index (κ1) is 19.7. The Morgan fingerprint density at radius 3 is 2.72 bits per heavy atom.